The highest BCUT2D eigenvalue weighted by Gasteiger charge is 2.58. The number of carbonyl (C=O) groups excluding carboxylic acids is 1. The average Bonchev–Trinajstić information content (AvgIpc) is 2.55. The van der Waals surface area contributed by atoms with Crippen LogP contribution in [0.15, 0.2) is 42.5 Å². The van der Waals surface area contributed by atoms with Crippen molar-refractivity contribution in [3.05, 3.63) is 48.1 Å². The van der Waals surface area contributed by atoms with Crippen LogP contribution in [0, 0.1) is 16.7 Å². The Kier molecular flexibility index (Phi) is 4.03. The summed E-state index contributed by atoms with van der Waals surface area (Å²) in [5, 5.41) is 2.94. The van der Waals surface area contributed by atoms with Gasteiger partial charge in [-0.05, 0) is 35.0 Å². The molecule has 3 N–H and O–H groups in total. The van der Waals surface area contributed by atoms with Gasteiger partial charge in [0.1, 0.15) is 0 Å². The van der Waals surface area contributed by atoms with Crippen LogP contribution < -0.4 is 11.1 Å². The van der Waals surface area contributed by atoms with Gasteiger partial charge in [0.15, 0.2) is 0 Å². The first-order chi connectivity index (χ1) is 11.3. The van der Waals surface area contributed by atoms with Gasteiger partial charge in [-0.15, -0.1) is 18.2 Å². The molecule has 0 unspecified atom stereocenters. The quantitative estimate of drug-likeness (QED) is 0.375. The zero-order chi connectivity index (χ0) is 17.7. The number of benzene rings is 1. The van der Waals surface area contributed by atoms with E-state index in [1.807, 2.05) is 24.3 Å². The molecule has 2 aliphatic carbocycles. The number of alkyl halides is 1. The van der Waals surface area contributed by atoms with Gasteiger partial charge < -0.3 is 11.1 Å². The molecule has 128 valence electrons. The molecule has 4 atom stereocenters. The number of anilines is 1. The molecular weight excluding hydrogens is 320 g/mol. The van der Waals surface area contributed by atoms with Crippen molar-refractivity contribution in [2.45, 2.75) is 38.6 Å². The van der Waals surface area contributed by atoms with Crippen LogP contribution in [-0.4, -0.2) is 17.8 Å². The van der Waals surface area contributed by atoms with E-state index in [-0.39, 0.29) is 22.2 Å². The molecule has 0 heterocycles. The minimum absolute atomic E-state index is 0.0245. The van der Waals surface area contributed by atoms with Crippen LogP contribution in [-0.2, 0) is 4.79 Å². The molecule has 1 aromatic carbocycles. The minimum Gasteiger partial charge on any atom is -0.398 e. The van der Waals surface area contributed by atoms with E-state index in [2.05, 4.69) is 38.7 Å². The van der Waals surface area contributed by atoms with E-state index >= 15 is 0 Å². The molecule has 1 aromatic rings. The number of hydrogen-bond donors (Lipinski definition) is 2. The lowest BCUT2D eigenvalue weighted by molar-refractivity contribution is -0.110. The Balaban J connectivity index is 2.23. The highest BCUT2D eigenvalue weighted by Crippen LogP contribution is 2.65. The number of nitrogen functional groups attached to an aromatic ring is 1. The summed E-state index contributed by atoms with van der Waals surface area (Å²) >= 11 is 6.73. The van der Waals surface area contributed by atoms with Gasteiger partial charge in [0.25, 0.3) is 0 Å². The highest BCUT2D eigenvalue weighted by atomic mass is 35.5. The summed E-state index contributed by atoms with van der Waals surface area (Å²) in [4.78, 5) is 11.3. The van der Waals surface area contributed by atoms with E-state index < -0.39 is 0 Å². The van der Waals surface area contributed by atoms with Crippen LogP contribution in [0.1, 0.15) is 32.8 Å². The Morgan fingerprint density at radius 1 is 1.33 bits per heavy atom. The van der Waals surface area contributed by atoms with Crippen molar-refractivity contribution in [1.29, 1.82) is 0 Å². The van der Waals surface area contributed by atoms with Gasteiger partial charge in [0, 0.05) is 22.0 Å². The van der Waals surface area contributed by atoms with Gasteiger partial charge in [-0.3, -0.25) is 4.79 Å². The number of amides is 1. The second-order valence-corrected chi connectivity index (χ2v) is 8.21. The Hall–Kier alpha value is -1.74. The highest BCUT2D eigenvalue weighted by molar-refractivity contribution is 6.21. The Morgan fingerprint density at radius 3 is 2.58 bits per heavy atom. The predicted molar refractivity (Wildman–Crippen MR) is 101 cm³/mol. The van der Waals surface area contributed by atoms with E-state index in [9.17, 15) is 4.79 Å². The third-order valence-electron chi connectivity index (χ3n) is 6.13. The van der Waals surface area contributed by atoms with Crippen LogP contribution in [0.2, 0.25) is 0 Å². The standard InChI is InChI=1S/C20H25ClN2O/c1-5-20(4)15(21)10-13-16(18(20)23-11-24)17(19(13,2)3)12-8-6-7-9-14(12)22/h5-9,11,13,15,18H,1,10,22H2,2-4H3,(H,23,24)/t13-,15+,18-,20+/m0/s1. The first-order valence-electron chi connectivity index (χ1n) is 8.35. The van der Waals surface area contributed by atoms with Gasteiger partial charge in [-0.25, -0.2) is 0 Å². The molecule has 3 nitrogen and oxygen atoms in total. The van der Waals surface area contributed by atoms with E-state index in [4.69, 9.17) is 17.3 Å². The SMILES string of the molecule is C=C[C@]1(C)[C@H](Cl)C[C@H]2C(=C(c3ccccc3N)C2(C)C)[C@@H]1NC=O. The summed E-state index contributed by atoms with van der Waals surface area (Å²) in [6.07, 6.45) is 3.52. The number of carbonyl (C=O) groups is 1. The molecule has 0 saturated heterocycles. The van der Waals surface area contributed by atoms with Crippen LogP contribution in [0.4, 0.5) is 5.69 Å². The van der Waals surface area contributed by atoms with Crippen molar-refractivity contribution in [2.75, 3.05) is 5.73 Å². The number of halogens is 1. The van der Waals surface area contributed by atoms with Crippen LogP contribution in [0.3, 0.4) is 0 Å². The maximum absolute atomic E-state index is 11.3. The molecule has 24 heavy (non-hydrogen) atoms. The summed E-state index contributed by atoms with van der Waals surface area (Å²) in [5.74, 6) is 0.333. The molecule has 4 heteroatoms. The largest absolute Gasteiger partial charge is 0.398 e. The summed E-state index contributed by atoms with van der Waals surface area (Å²) in [6.45, 7) is 10.5. The second kappa shape index (κ2) is 5.66. The van der Waals surface area contributed by atoms with Crippen molar-refractivity contribution in [1.82, 2.24) is 5.32 Å². The molecule has 1 fully saturated rings. The normalized spacial score (nSPS) is 34.1. The summed E-state index contributed by atoms with van der Waals surface area (Å²) in [5.41, 5.74) is 10.2. The van der Waals surface area contributed by atoms with Crippen molar-refractivity contribution < 1.29 is 4.79 Å². The third-order valence-corrected chi connectivity index (χ3v) is 6.78. The average molecular weight is 345 g/mol. The van der Waals surface area contributed by atoms with E-state index in [0.29, 0.717) is 5.92 Å². The monoisotopic (exact) mass is 344 g/mol. The van der Waals surface area contributed by atoms with Gasteiger partial charge in [-0.1, -0.05) is 45.0 Å². The topological polar surface area (TPSA) is 55.1 Å². The molecule has 0 radical (unpaired) electrons. The van der Waals surface area contributed by atoms with Gasteiger partial charge in [-0.2, -0.15) is 0 Å². The van der Waals surface area contributed by atoms with Crippen molar-refractivity contribution in [3.8, 4) is 0 Å². The maximum atomic E-state index is 11.3. The molecule has 0 bridgehead atoms. The van der Waals surface area contributed by atoms with E-state index in [1.54, 1.807) is 0 Å². The number of nitrogens with two attached hydrogens (primary N) is 1. The third kappa shape index (κ3) is 2.14. The Morgan fingerprint density at radius 2 is 2.00 bits per heavy atom. The van der Waals surface area contributed by atoms with Crippen molar-refractivity contribution in [3.63, 3.8) is 0 Å². The molecule has 0 aromatic heterocycles. The number of hydrogen-bond acceptors (Lipinski definition) is 2. The predicted octanol–water partition coefficient (Wildman–Crippen LogP) is 4.00. The summed E-state index contributed by atoms with van der Waals surface area (Å²) in [6, 6.07) is 7.78. The number of nitrogens with one attached hydrogen (secondary N) is 1. The molecule has 2 aliphatic rings. The molecule has 3 rings (SSSR count). The maximum Gasteiger partial charge on any atom is 0.207 e. The van der Waals surface area contributed by atoms with E-state index in [0.717, 1.165) is 24.1 Å². The fourth-order valence-corrected chi connectivity index (χ4v) is 4.98. The molecule has 1 saturated carbocycles. The zero-order valence-corrected chi connectivity index (χ0v) is 15.2. The van der Waals surface area contributed by atoms with E-state index in [1.165, 1.54) is 11.1 Å². The lowest BCUT2D eigenvalue weighted by Gasteiger charge is -2.60. The van der Waals surface area contributed by atoms with Crippen molar-refractivity contribution >= 4 is 29.3 Å². The van der Waals surface area contributed by atoms with Gasteiger partial charge in [0.2, 0.25) is 6.41 Å². The number of fused-ring (bicyclic) bond motifs is 1. The fraction of sp³-hybridized carbons (Fsp3) is 0.450. The number of para-hydroxylation sites is 1. The zero-order valence-electron chi connectivity index (χ0n) is 14.5. The first kappa shape index (κ1) is 17.1. The lowest BCUT2D eigenvalue weighted by Crippen LogP contribution is -2.60. The lowest BCUT2D eigenvalue weighted by atomic mass is 9.47. The summed E-state index contributed by atoms with van der Waals surface area (Å²) < 4.78 is 0. The number of rotatable bonds is 4. The number of allylic oxidation sites excluding steroid dienone is 1. The molecular formula is C20H25ClN2O. The van der Waals surface area contributed by atoms with Crippen LogP contribution >= 0.6 is 11.6 Å². The fourth-order valence-electron chi connectivity index (χ4n) is 4.59. The molecule has 0 aliphatic heterocycles. The first-order valence-corrected chi connectivity index (χ1v) is 8.79. The Labute approximate surface area is 149 Å². The Bertz CT molecular complexity index is 724. The molecule has 1 amide bonds. The van der Waals surface area contributed by atoms with Crippen LogP contribution in [0.5, 0.6) is 0 Å². The van der Waals surface area contributed by atoms with Gasteiger partial charge >= 0.3 is 0 Å². The second-order valence-electron chi connectivity index (χ2n) is 7.68. The van der Waals surface area contributed by atoms with Crippen LogP contribution in [0.25, 0.3) is 5.57 Å². The smallest absolute Gasteiger partial charge is 0.207 e. The van der Waals surface area contributed by atoms with Gasteiger partial charge in [0.05, 0.1) is 6.04 Å². The molecule has 0 spiro atoms. The van der Waals surface area contributed by atoms with Crippen molar-refractivity contribution in [2.24, 2.45) is 16.7 Å². The summed E-state index contributed by atoms with van der Waals surface area (Å²) in [7, 11) is 0. The minimum atomic E-state index is -0.389.